The van der Waals surface area contributed by atoms with Gasteiger partial charge < -0.3 is 4.74 Å². The predicted octanol–water partition coefficient (Wildman–Crippen LogP) is 1.93. The Morgan fingerprint density at radius 3 is 3.16 bits per heavy atom. The summed E-state index contributed by atoms with van der Waals surface area (Å²) in [4.78, 5) is 27.8. The van der Waals surface area contributed by atoms with Crippen molar-refractivity contribution in [1.29, 1.82) is 0 Å². The number of fused-ring (bicyclic) bond motifs is 1. The van der Waals surface area contributed by atoms with Crippen LogP contribution in [0.1, 0.15) is 12.6 Å². The molecule has 6 heteroatoms. The number of hydrogen-bond acceptors (Lipinski definition) is 5. The lowest BCUT2D eigenvalue weighted by Crippen LogP contribution is -2.14. The zero-order valence-electron chi connectivity index (χ0n) is 10.3. The minimum absolute atomic E-state index is 0.0113. The van der Waals surface area contributed by atoms with Crippen LogP contribution in [0.25, 0.3) is 4.96 Å². The maximum Gasteiger partial charge on any atom is 0.331 e. The molecule has 2 aromatic rings. The van der Waals surface area contributed by atoms with Gasteiger partial charge in [0, 0.05) is 23.7 Å². The summed E-state index contributed by atoms with van der Waals surface area (Å²) in [6.07, 6.45) is 8.09. The summed E-state index contributed by atoms with van der Waals surface area (Å²) in [5, 5.41) is 1.78. The molecule has 0 atom stereocenters. The molecule has 0 aliphatic carbocycles. The third-order valence-electron chi connectivity index (χ3n) is 2.25. The Labute approximate surface area is 113 Å². The molecular weight excluding hydrogens is 264 g/mol. The topological polar surface area (TPSA) is 60.7 Å². The summed E-state index contributed by atoms with van der Waals surface area (Å²) >= 11 is 1.36. The number of carbonyl (C=O) groups is 1. The Morgan fingerprint density at radius 2 is 2.37 bits per heavy atom. The molecule has 98 valence electrons. The first kappa shape index (κ1) is 13.2. The number of ether oxygens (including phenoxy) is 1. The molecule has 5 nitrogen and oxygen atoms in total. The molecule has 2 heterocycles. The zero-order valence-corrected chi connectivity index (χ0v) is 11.1. The molecule has 0 unspecified atom stereocenters. The number of hydrogen-bond donors (Lipinski definition) is 0. The molecule has 0 bridgehead atoms. The molecule has 2 rings (SSSR count). The van der Waals surface area contributed by atoms with Crippen molar-refractivity contribution in [1.82, 2.24) is 9.38 Å². The van der Waals surface area contributed by atoms with Gasteiger partial charge in [0.25, 0.3) is 5.56 Å². The second kappa shape index (κ2) is 6.10. The van der Waals surface area contributed by atoms with Crippen LogP contribution in [0.5, 0.6) is 0 Å². The first-order valence-electron chi connectivity index (χ1n) is 5.62. The summed E-state index contributed by atoms with van der Waals surface area (Å²) in [7, 11) is 0. The second-order valence-corrected chi connectivity index (χ2v) is 4.51. The van der Waals surface area contributed by atoms with E-state index in [0.29, 0.717) is 10.7 Å². The van der Waals surface area contributed by atoms with Crippen LogP contribution < -0.4 is 5.56 Å². The SMILES string of the molecule is C/C=C/C=C/C(=O)OCc1cc(=O)n2ccsc2n1. The molecular formula is C13H12N2O3S. The standard InChI is InChI=1S/C13H12N2O3S/c1-2-3-4-5-12(17)18-9-10-8-11(16)15-6-7-19-13(15)14-10/h2-8H,9H2,1H3/b3-2+,5-4+. The highest BCUT2D eigenvalue weighted by molar-refractivity contribution is 7.15. The lowest BCUT2D eigenvalue weighted by atomic mass is 10.4. The Bertz CT molecular complexity index is 697. The fourth-order valence-corrected chi connectivity index (χ4v) is 2.14. The Balaban J connectivity index is 2.05. The lowest BCUT2D eigenvalue weighted by Gasteiger charge is -2.01. The summed E-state index contributed by atoms with van der Waals surface area (Å²) in [6.45, 7) is 1.84. The minimum Gasteiger partial charge on any atom is -0.456 e. The second-order valence-electron chi connectivity index (χ2n) is 3.63. The van der Waals surface area contributed by atoms with Crippen molar-refractivity contribution in [2.24, 2.45) is 0 Å². The molecule has 0 N–H and O–H groups in total. The molecule has 19 heavy (non-hydrogen) atoms. The minimum atomic E-state index is -0.466. The summed E-state index contributed by atoms with van der Waals surface area (Å²) in [5.41, 5.74) is 0.266. The van der Waals surface area contributed by atoms with Crippen LogP contribution in [0.3, 0.4) is 0 Å². The maximum absolute atomic E-state index is 11.7. The van der Waals surface area contributed by atoms with Crippen LogP contribution in [-0.2, 0) is 16.1 Å². The summed E-state index contributed by atoms with van der Waals surface area (Å²) < 4.78 is 6.44. The van der Waals surface area contributed by atoms with Gasteiger partial charge in [0.1, 0.15) is 6.61 Å². The first-order valence-corrected chi connectivity index (χ1v) is 6.50. The van der Waals surface area contributed by atoms with E-state index in [2.05, 4.69) is 4.98 Å². The van der Waals surface area contributed by atoms with Gasteiger partial charge in [-0.25, -0.2) is 9.78 Å². The normalized spacial score (nSPS) is 11.6. The van der Waals surface area contributed by atoms with Gasteiger partial charge in [-0.2, -0.15) is 0 Å². The third kappa shape index (κ3) is 3.38. The molecule has 0 saturated heterocycles. The number of nitrogens with zero attached hydrogens (tertiary/aromatic N) is 2. The van der Waals surface area contributed by atoms with E-state index in [4.69, 9.17) is 4.74 Å². The average Bonchev–Trinajstić information content (AvgIpc) is 2.85. The van der Waals surface area contributed by atoms with Crippen molar-refractivity contribution < 1.29 is 9.53 Å². The van der Waals surface area contributed by atoms with Crippen LogP contribution in [0.2, 0.25) is 0 Å². The molecule has 0 aliphatic heterocycles. The predicted molar refractivity (Wildman–Crippen MR) is 73.1 cm³/mol. The van der Waals surface area contributed by atoms with E-state index in [0.717, 1.165) is 0 Å². The van der Waals surface area contributed by atoms with Crippen molar-refractivity contribution in [3.8, 4) is 0 Å². The van der Waals surface area contributed by atoms with Crippen molar-refractivity contribution in [2.45, 2.75) is 13.5 Å². The summed E-state index contributed by atoms with van der Waals surface area (Å²) in [5.74, 6) is -0.466. The number of esters is 1. The highest BCUT2D eigenvalue weighted by Crippen LogP contribution is 2.07. The molecule has 2 aromatic heterocycles. The largest absolute Gasteiger partial charge is 0.456 e. The molecule has 0 amide bonds. The molecule has 0 aliphatic rings. The van der Waals surface area contributed by atoms with Crippen molar-refractivity contribution in [3.63, 3.8) is 0 Å². The summed E-state index contributed by atoms with van der Waals surface area (Å²) in [6, 6.07) is 1.36. The zero-order chi connectivity index (χ0) is 13.7. The quantitative estimate of drug-likeness (QED) is 0.486. The molecule has 0 aromatic carbocycles. The average molecular weight is 276 g/mol. The van der Waals surface area contributed by atoms with Crippen molar-refractivity contribution in [3.05, 3.63) is 58.0 Å². The van der Waals surface area contributed by atoms with Crippen LogP contribution in [0.4, 0.5) is 0 Å². The van der Waals surface area contributed by atoms with E-state index in [1.54, 1.807) is 29.8 Å². The Morgan fingerprint density at radius 1 is 1.53 bits per heavy atom. The number of allylic oxidation sites excluding steroid dienone is 3. The van der Waals surface area contributed by atoms with Gasteiger partial charge in [-0.15, -0.1) is 11.3 Å². The van der Waals surface area contributed by atoms with Gasteiger partial charge in [0.2, 0.25) is 0 Å². The van der Waals surface area contributed by atoms with Gasteiger partial charge in [0.05, 0.1) is 5.69 Å². The van der Waals surface area contributed by atoms with Gasteiger partial charge in [-0.1, -0.05) is 18.2 Å². The van der Waals surface area contributed by atoms with Crippen molar-refractivity contribution >= 4 is 22.3 Å². The van der Waals surface area contributed by atoms with E-state index in [9.17, 15) is 9.59 Å². The first-order chi connectivity index (χ1) is 9.20. The fourth-order valence-electron chi connectivity index (χ4n) is 1.40. The highest BCUT2D eigenvalue weighted by atomic mass is 32.1. The van der Waals surface area contributed by atoms with Gasteiger partial charge in [-0.05, 0) is 6.92 Å². The lowest BCUT2D eigenvalue weighted by molar-refractivity contribution is -0.139. The molecule has 0 spiro atoms. The van der Waals surface area contributed by atoms with E-state index in [-0.39, 0.29) is 12.2 Å². The number of aromatic nitrogens is 2. The number of rotatable bonds is 4. The smallest absolute Gasteiger partial charge is 0.331 e. The van der Waals surface area contributed by atoms with Crippen LogP contribution in [0, 0.1) is 0 Å². The highest BCUT2D eigenvalue weighted by Gasteiger charge is 2.05. The van der Waals surface area contributed by atoms with Crippen LogP contribution >= 0.6 is 11.3 Å². The number of thiazole rings is 1. The maximum atomic E-state index is 11.7. The Hall–Kier alpha value is -2.21. The van der Waals surface area contributed by atoms with Crippen LogP contribution in [-0.4, -0.2) is 15.4 Å². The van der Waals surface area contributed by atoms with Gasteiger partial charge >= 0.3 is 5.97 Å². The molecule has 0 radical (unpaired) electrons. The third-order valence-corrected chi connectivity index (χ3v) is 3.01. The van der Waals surface area contributed by atoms with E-state index >= 15 is 0 Å². The van der Waals surface area contributed by atoms with Gasteiger partial charge in [-0.3, -0.25) is 9.20 Å². The van der Waals surface area contributed by atoms with E-state index in [1.165, 1.54) is 27.9 Å². The van der Waals surface area contributed by atoms with Crippen LogP contribution in [0.15, 0.2) is 46.7 Å². The van der Waals surface area contributed by atoms with E-state index in [1.807, 2.05) is 6.92 Å². The molecule has 0 saturated carbocycles. The Kier molecular flexibility index (Phi) is 4.25. The van der Waals surface area contributed by atoms with E-state index < -0.39 is 5.97 Å². The van der Waals surface area contributed by atoms with Crippen molar-refractivity contribution in [2.75, 3.05) is 0 Å². The van der Waals surface area contributed by atoms with Gasteiger partial charge in [0.15, 0.2) is 4.96 Å². The fraction of sp³-hybridized carbons (Fsp3) is 0.154. The monoisotopic (exact) mass is 276 g/mol. The number of carbonyl (C=O) groups excluding carboxylic acids is 1. The molecule has 0 fully saturated rings.